The fraction of sp³-hybridized carbons (Fsp3) is 0.600. The first-order valence-corrected chi connectivity index (χ1v) is 2.97. The predicted octanol–water partition coefficient (Wildman–Crippen LogP) is 0.209. The van der Waals surface area contributed by atoms with E-state index in [9.17, 15) is 18.0 Å². The molecule has 0 saturated heterocycles. The Bertz CT molecular complexity index is 237. The Morgan fingerprint density at radius 2 is 2.25 bits per heavy atom. The first-order valence-electron chi connectivity index (χ1n) is 2.97. The summed E-state index contributed by atoms with van der Waals surface area (Å²) in [6, 6.07) is 0. The summed E-state index contributed by atoms with van der Waals surface area (Å²) in [6.45, 7) is -0.744. The molecule has 0 aliphatic carbocycles. The van der Waals surface area contributed by atoms with Crippen LogP contribution in [0, 0.1) is 5.41 Å². The molecule has 4 nitrogen and oxygen atoms in total. The topological polar surface area (TPSA) is 61.7 Å². The summed E-state index contributed by atoms with van der Waals surface area (Å²) in [7, 11) is 0. The van der Waals surface area contributed by atoms with Gasteiger partial charge >= 0.3 is 12.1 Å². The molecule has 0 amide bonds. The highest BCUT2D eigenvalue weighted by atomic mass is 19.4. The average molecular weight is 182 g/mol. The van der Waals surface area contributed by atoms with Crippen LogP contribution in [0.2, 0.25) is 0 Å². The van der Waals surface area contributed by atoms with E-state index in [1.165, 1.54) is 0 Å². The highest BCUT2D eigenvalue weighted by Gasteiger charge is 2.61. The molecular weight excluding hydrogens is 177 g/mol. The lowest BCUT2D eigenvalue weighted by Gasteiger charge is -2.22. The van der Waals surface area contributed by atoms with E-state index in [1.807, 2.05) is 5.43 Å². The third-order valence-electron chi connectivity index (χ3n) is 1.62. The molecule has 0 radical (unpaired) electrons. The number of carboxylic acids is 1. The van der Waals surface area contributed by atoms with Gasteiger partial charge in [-0.3, -0.25) is 4.79 Å². The molecule has 1 unspecified atom stereocenters. The summed E-state index contributed by atoms with van der Waals surface area (Å²) in [5.41, 5.74) is -0.885. The quantitative estimate of drug-likeness (QED) is 0.609. The maximum atomic E-state index is 12.2. The summed E-state index contributed by atoms with van der Waals surface area (Å²) in [5.74, 6) is -1.94. The number of alkyl halides is 3. The third kappa shape index (κ3) is 1.01. The van der Waals surface area contributed by atoms with Gasteiger partial charge in [-0.05, 0) is 0 Å². The molecule has 0 aromatic heterocycles. The molecule has 7 heteroatoms. The van der Waals surface area contributed by atoms with Gasteiger partial charge in [0.05, 0.1) is 12.8 Å². The Kier molecular flexibility index (Phi) is 1.73. The molecule has 68 valence electrons. The van der Waals surface area contributed by atoms with E-state index < -0.39 is 24.1 Å². The first kappa shape index (κ1) is 8.82. The summed E-state index contributed by atoms with van der Waals surface area (Å²) in [6.07, 6.45) is -4.44. The van der Waals surface area contributed by atoms with Crippen LogP contribution >= 0.6 is 0 Å². The van der Waals surface area contributed by atoms with Gasteiger partial charge in [-0.25, -0.2) is 0 Å². The SMILES string of the molecule is O=C(O)C1(C(F)(F)F)C=NNC1. The van der Waals surface area contributed by atoms with Crippen molar-refractivity contribution < 1.29 is 23.1 Å². The number of carbonyl (C=O) groups is 1. The Hall–Kier alpha value is -1.27. The highest BCUT2D eigenvalue weighted by Crippen LogP contribution is 2.38. The van der Waals surface area contributed by atoms with Crippen LogP contribution in [-0.2, 0) is 4.79 Å². The molecule has 2 N–H and O–H groups in total. The minimum atomic E-state index is -4.81. The Labute approximate surface area is 65.1 Å². The van der Waals surface area contributed by atoms with Gasteiger partial charge in [0.2, 0.25) is 5.41 Å². The molecular formula is C5H5F3N2O2. The van der Waals surface area contributed by atoms with Crippen LogP contribution in [-0.4, -0.2) is 30.0 Å². The van der Waals surface area contributed by atoms with Crippen molar-refractivity contribution in [1.29, 1.82) is 0 Å². The van der Waals surface area contributed by atoms with Crippen molar-refractivity contribution in [2.24, 2.45) is 10.5 Å². The number of halogens is 3. The fourth-order valence-electron chi connectivity index (χ4n) is 0.797. The highest BCUT2D eigenvalue weighted by molar-refractivity contribution is 5.96. The van der Waals surface area contributed by atoms with Gasteiger partial charge in [0.1, 0.15) is 0 Å². The maximum absolute atomic E-state index is 12.2. The number of hydrazone groups is 1. The van der Waals surface area contributed by atoms with E-state index in [2.05, 4.69) is 5.10 Å². The number of rotatable bonds is 1. The van der Waals surface area contributed by atoms with E-state index in [1.54, 1.807) is 0 Å². The Morgan fingerprint density at radius 1 is 1.67 bits per heavy atom. The van der Waals surface area contributed by atoms with E-state index in [4.69, 9.17) is 5.11 Å². The molecule has 0 aromatic rings. The average Bonchev–Trinajstić information content (AvgIpc) is 2.31. The number of aliphatic carboxylic acids is 1. The zero-order chi connectivity index (χ0) is 9.41. The monoisotopic (exact) mass is 182 g/mol. The van der Waals surface area contributed by atoms with E-state index in [0.29, 0.717) is 6.21 Å². The zero-order valence-corrected chi connectivity index (χ0v) is 5.72. The number of hydrogen-bond donors (Lipinski definition) is 2. The van der Waals surface area contributed by atoms with Crippen molar-refractivity contribution in [3.05, 3.63) is 0 Å². The minimum absolute atomic E-state index is 0.370. The number of nitrogens with one attached hydrogen (secondary N) is 1. The van der Waals surface area contributed by atoms with Crippen molar-refractivity contribution in [2.75, 3.05) is 6.54 Å². The lowest BCUT2D eigenvalue weighted by atomic mass is 9.90. The van der Waals surface area contributed by atoms with E-state index in [0.717, 1.165) is 0 Å². The standard InChI is InChI=1S/C5H5F3N2O2/c6-5(7,8)4(3(11)12)1-9-10-2-4/h1,10H,2H2,(H,11,12). The summed E-state index contributed by atoms with van der Waals surface area (Å²) >= 11 is 0. The largest absolute Gasteiger partial charge is 0.480 e. The molecule has 12 heavy (non-hydrogen) atoms. The van der Waals surface area contributed by atoms with Crippen molar-refractivity contribution in [3.63, 3.8) is 0 Å². The zero-order valence-electron chi connectivity index (χ0n) is 5.72. The summed E-state index contributed by atoms with van der Waals surface area (Å²) in [5, 5.41) is 11.4. The predicted molar refractivity (Wildman–Crippen MR) is 32.6 cm³/mol. The first-order chi connectivity index (χ1) is 5.40. The van der Waals surface area contributed by atoms with E-state index >= 15 is 0 Å². The second-order valence-corrected chi connectivity index (χ2v) is 2.37. The van der Waals surface area contributed by atoms with Crippen LogP contribution in [0.1, 0.15) is 0 Å². The number of hydrogen-bond acceptors (Lipinski definition) is 3. The van der Waals surface area contributed by atoms with Gasteiger partial charge in [-0.2, -0.15) is 18.3 Å². The van der Waals surface area contributed by atoms with Crippen molar-refractivity contribution in [1.82, 2.24) is 5.43 Å². The molecule has 1 atom stereocenters. The van der Waals surface area contributed by atoms with Gasteiger partial charge in [0.25, 0.3) is 0 Å². The number of nitrogens with zero attached hydrogens (tertiary/aromatic N) is 1. The van der Waals surface area contributed by atoms with Crippen molar-refractivity contribution in [2.45, 2.75) is 6.18 Å². The molecule has 1 rings (SSSR count). The van der Waals surface area contributed by atoms with Crippen molar-refractivity contribution in [3.8, 4) is 0 Å². The minimum Gasteiger partial charge on any atom is -0.480 e. The van der Waals surface area contributed by atoms with Gasteiger partial charge in [0, 0.05) is 0 Å². The molecule has 0 spiro atoms. The normalized spacial score (nSPS) is 28.6. The van der Waals surface area contributed by atoms with Crippen molar-refractivity contribution >= 4 is 12.2 Å². The molecule has 1 aliphatic heterocycles. The van der Waals surface area contributed by atoms with Crippen LogP contribution in [0.15, 0.2) is 5.10 Å². The summed E-state index contributed by atoms with van der Waals surface area (Å²) < 4.78 is 36.5. The van der Waals surface area contributed by atoms with Gasteiger partial charge in [-0.15, -0.1) is 0 Å². The van der Waals surface area contributed by atoms with Gasteiger partial charge < -0.3 is 10.5 Å². The lowest BCUT2D eigenvalue weighted by Crippen LogP contribution is -2.48. The van der Waals surface area contributed by atoms with Crippen LogP contribution in [0.3, 0.4) is 0 Å². The molecule has 1 heterocycles. The van der Waals surface area contributed by atoms with Gasteiger partial charge in [0.15, 0.2) is 0 Å². The molecule has 0 aromatic carbocycles. The second kappa shape index (κ2) is 2.36. The lowest BCUT2D eigenvalue weighted by molar-refractivity contribution is -0.206. The Morgan fingerprint density at radius 3 is 2.42 bits per heavy atom. The van der Waals surface area contributed by atoms with E-state index in [-0.39, 0.29) is 0 Å². The smallest absolute Gasteiger partial charge is 0.411 e. The van der Waals surface area contributed by atoms with Crippen LogP contribution < -0.4 is 5.43 Å². The van der Waals surface area contributed by atoms with Crippen LogP contribution in [0.4, 0.5) is 13.2 Å². The summed E-state index contributed by atoms with van der Waals surface area (Å²) in [4.78, 5) is 10.3. The molecule has 0 saturated carbocycles. The van der Waals surface area contributed by atoms with Crippen LogP contribution in [0.5, 0.6) is 0 Å². The van der Waals surface area contributed by atoms with Crippen LogP contribution in [0.25, 0.3) is 0 Å². The second-order valence-electron chi connectivity index (χ2n) is 2.37. The van der Waals surface area contributed by atoms with Gasteiger partial charge in [-0.1, -0.05) is 0 Å². The third-order valence-corrected chi connectivity index (χ3v) is 1.62. The Balaban J connectivity index is 3.04. The molecule has 0 fully saturated rings. The number of carboxylic acid groups (broad SMARTS) is 1. The molecule has 1 aliphatic rings. The molecule has 0 bridgehead atoms. The fourth-order valence-corrected chi connectivity index (χ4v) is 0.797. The maximum Gasteiger partial charge on any atom is 0.411 e.